The highest BCUT2D eigenvalue weighted by molar-refractivity contribution is 7.89. The van der Waals surface area contributed by atoms with Crippen molar-refractivity contribution in [1.82, 2.24) is 14.9 Å². The third-order valence-corrected chi connectivity index (χ3v) is 6.84. The van der Waals surface area contributed by atoms with E-state index >= 15 is 0 Å². The van der Waals surface area contributed by atoms with E-state index in [-0.39, 0.29) is 12.5 Å². The molecule has 27 heavy (non-hydrogen) atoms. The highest BCUT2D eigenvalue weighted by atomic mass is 32.2. The van der Waals surface area contributed by atoms with Crippen molar-refractivity contribution in [2.45, 2.75) is 32.6 Å². The van der Waals surface area contributed by atoms with E-state index in [1.54, 1.807) is 6.92 Å². The van der Waals surface area contributed by atoms with Crippen LogP contribution in [0, 0.1) is 20.8 Å². The first-order valence-electron chi connectivity index (χ1n) is 9.14. The van der Waals surface area contributed by atoms with Crippen molar-refractivity contribution in [3.05, 3.63) is 28.8 Å². The molecule has 1 aromatic carbocycles. The smallest absolute Gasteiger partial charge is 0.321 e. The molecule has 1 fully saturated rings. The molecular weight excluding hydrogens is 368 g/mol. The first-order chi connectivity index (χ1) is 12.6. The van der Waals surface area contributed by atoms with Crippen LogP contribution in [-0.4, -0.2) is 63.9 Å². The average molecular weight is 398 g/mol. The minimum Gasteiger partial charge on any atom is -0.338 e. The number of nitrogens with zero attached hydrogens (tertiary/aromatic N) is 1. The van der Waals surface area contributed by atoms with Crippen molar-refractivity contribution in [1.29, 1.82) is 0 Å². The van der Waals surface area contributed by atoms with Crippen LogP contribution < -0.4 is 15.5 Å². The summed E-state index contributed by atoms with van der Waals surface area (Å²) >= 11 is 0. The number of carbonyl (C=O) groups is 2. The van der Waals surface area contributed by atoms with E-state index < -0.39 is 16.1 Å². The van der Waals surface area contributed by atoms with Crippen molar-refractivity contribution in [2.24, 2.45) is 0 Å². The molecule has 2 rings (SSSR count). The van der Waals surface area contributed by atoms with Crippen molar-refractivity contribution >= 4 is 22.0 Å². The van der Waals surface area contributed by atoms with E-state index in [9.17, 15) is 18.0 Å². The van der Waals surface area contributed by atoms with Gasteiger partial charge in [-0.3, -0.25) is 10.1 Å². The van der Waals surface area contributed by atoms with Crippen LogP contribution >= 0.6 is 0 Å². The van der Waals surface area contributed by atoms with Gasteiger partial charge in [0.15, 0.2) is 6.54 Å². The summed E-state index contributed by atoms with van der Waals surface area (Å²) in [6, 6.07) is 3.26. The van der Waals surface area contributed by atoms with Gasteiger partial charge in [0, 0.05) is 6.54 Å². The minimum atomic E-state index is -3.56. The number of quaternary nitrogens is 1. The average Bonchev–Trinajstić information content (AvgIpc) is 2.54. The molecule has 0 radical (unpaired) electrons. The van der Waals surface area contributed by atoms with E-state index in [0.29, 0.717) is 37.6 Å². The summed E-state index contributed by atoms with van der Waals surface area (Å²) < 4.78 is 27.6. The van der Waals surface area contributed by atoms with Crippen LogP contribution in [0.4, 0.5) is 4.79 Å². The second kappa shape index (κ2) is 8.81. The molecular formula is C18H29N4O4S+. The number of rotatable bonds is 5. The Morgan fingerprint density at radius 2 is 1.67 bits per heavy atom. The second-order valence-electron chi connectivity index (χ2n) is 6.97. The van der Waals surface area contributed by atoms with Crippen LogP contribution in [-0.2, 0) is 14.8 Å². The second-order valence-corrected chi connectivity index (χ2v) is 8.84. The quantitative estimate of drug-likeness (QED) is 0.615. The standard InChI is InChI=1S/C18H28N4O4S/c1-5-19-18(24)20-16(23)12-21-6-8-22(9-7-21)27(25,26)17-14(3)10-13(2)11-15(17)4/h10-11H,5-9,12H2,1-4H3,(H2,19,20,23,24)/p+1. The van der Waals surface area contributed by atoms with Crippen molar-refractivity contribution in [3.63, 3.8) is 0 Å². The Morgan fingerprint density at radius 3 is 2.19 bits per heavy atom. The summed E-state index contributed by atoms with van der Waals surface area (Å²) in [5.41, 5.74) is 2.54. The minimum absolute atomic E-state index is 0.146. The number of amides is 3. The monoisotopic (exact) mass is 397 g/mol. The van der Waals surface area contributed by atoms with Gasteiger partial charge in [-0.15, -0.1) is 0 Å². The SMILES string of the molecule is CCNC(=O)NC(=O)C[NH+]1CCN(S(=O)(=O)c2c(C)cc(C)cc2C)CC1. The topological polar surface area (TPSA) is 100 Å². The van der Waals surface area contributed by atoms with E-state index in [0.717, 1.165) is 21.6 Å². The van der Waals surface area contributed by atoms with E-state index in [2.05, 4.69) is 10.6 Å². The Balaban J connectivity index is 1.99. The zero-order valence-corrected chi connectivity index (χ0v) is 17.2. The Hall–Kier alpha value is -1.97. The molecule has 1 aromatic rings. The molecule has 0 saturated carbocycles. The lowest BCUT2D eigenvalue weighted by atomic mass is 10.1. The fourth-order valence-electron chi connectivity index (χ4n) is 3.52. The summed E-state index contributed by atoms with van der Waals surface area (Å²) in [5, 5.41) is 4.78. The van der Waals surface area contributed by atoms with Gasteiger partial charge in [0.1, 0.15) is 0 Å². The fraction of sp³-hybridized carbons (Fsp3) is 0.556. The predicted molar refractivity (Wildman–Crippen MR) is 102 cm³/mol. The largest absolute Gasteiger partial charge is 0.338 e. The number of nitrogens with one attached hydrogen (secondary N) is 3. The lowest BCUT2D eigenvalue weighted by molar-refractivity contribution is -0.895. The molecule has 0 unspecified atom stereocenters. The molecule has 0 bridgehead atoms. The molecule has 3 amide bonds. The van der Waals surface area contributed by atoms with Gasteiger partial charge in [0.2, 0.25) is 10.0 Å². The molecule has 1 saturated heterocycles. The maximum Gasteiger partial charge on any atom is 0.321 e. The normalized spacial score (nSPS) is 16.1. The van der Waals surface area contributed by atoms with Gasteiger partial charge in [-0.25, -0.2) is 13.2 Å². The summed E-state index contributed by atoms with van der Waals surface area (Å²) in [6.07, 6.45) is 0. The van der Waals surface area contributed by atoms with Crippen molar-refractivity contribution in [2.75, 3.05) is 39.3 Å². The molecule has 1 aliphatic rings. The number of aryl methyl sites for hydroxylation is 3. The van der Waals surface area contributed by atoms with Gasteiger partial charge in [-0.05, 0) is 38.8 Å². The Bertz CT molecular complexity index is 792. The summed E-state index contributed by atoms with van der Waals surface area (Å²) in [6.45, 7) is 9.68. The van der Waals surface area contributed by atoms with Crippen molar-refractivity contribution < 1.29 is 22.9 Å². The first kappa shape index (κ1) is 21.3. The lowest BCUT2D eigenvalue weighted by Crippen LogP contribution is -3.15. The predicted octanol–water partition coefficient (Wildman–Crippen LogP) is -0.653. The summed E-state index contributed by atoms with van der Waals surface area (Å²) in [7, 11) is -3.56. The first-order valence-corrected chi connectivity index (χ1v) is 10.6. The van der Waals surface area contributed by atoms with Gasteiger partial charge < -0.3 is 10.2 Å². The maximum absolute atomic E-state index is 13.1. The third-order valence-electron chi connectivity index (χ3n) is 4.63. The highest BCUT2D eigenvalue weighted by Gasteiger charge is 2.33. The zero-order valence-electron chi connectivity index (χ0n) is 16.4. The Morgan fingerprint density at radius 1 is 1.11 bits per heavy atom. The summed E-state index contributed by atoms with van der Waals surface area (Å²) in [5.74, 6) is -0.363. The molecule has 0 aromatic heterocycles. The van der Waals surface area contributed by atoms with Crippen LogP contribution in [0.15, 0.2) is 17.0 Å². The van der Waals surface area contributed by atoms with Gasteiger partial charge >= 0.3 is 6.03 Å². The number of urea groups is 1. The van der Waals surface area contributed by atoms with Crippen LogP contribution in [0.1, 0.15) is 23.6 Å². The van der Waals surface area contributed by atoms with Gasteiger partial charge in [-0.1, -0.05) is 17.7 Å². The molecule has 1 aliphatic heterocycles. The molecule has 150 valence electrons. The highest BCUT2D eigenvalue weighted by Crippen LogP contribution is 2.25. The fourth-order valence-corrected chi connectivity index (χ4v) is 5.38. The van der Waals surface area contributed by atoms with Crippen LogP contribution in [0.3, 0.4) is 0 Å². The molecule has 0 aliphatic carbocycles. The number of imide groups is 1. The Kier molecular flexibility index (Phi) is 6.96. The number of carbonyl (C=O) groups excluding carboxylic acids is 2. The van der Waals surface area contributed by atoms with Crippen LogP contribution in [0.5, 0.6) is 0 Å². The molecule has 8 nitrogen and oxygen atoms in total. The number of hydrogen-bond donors (Lipinski definition) is 3. The lowest BCUT2D eigenvalue weighted by Gasteiger charge is -2.31. The molecule has 9 heteroatoms. The number of piperazine rings is 1. The van der Waals surface area contributed by atoms with Gasteiger partial charge in [0.05, 0.1) is 31.1 Å². The van der Waals surface area contributed by atoms with Crippen LogP contribution in [0.25, 0.3) is 0 Å². The molecule has 0 atom stereocenters. The summed E-state index contributed by atoms with van der Waals surface area (Å²) in [4.78, 5) is 24.6. The zero-order chi connectivity index (χ0) is 20.2. The van der Waals surface area contributed by atoms with Gasteiger partial charge in [0.25, 0.3) is 5.91 Å². The van der Waals surface area contributed by atoms with Crippen LogP contribution in [0.2, 0.25) is 0 Å². The number of hydrogen-bond acceptors (Lipinski definition) is 4. The maximum atomic E-state index is 13.1. The van der Waals surface area contributed by atoms with E-state index in [4.69, 9.17) is 0 Å². The Labute approximate surface area is 161 Å². The van der Waals surface area contributed by atoms with E-state index in [1.807, 2.05) is 32.9 Å². The van der Waals surface area contributed by atoms with Gasteiger partial charge in [-0.2, -0.15) is 4.31 Å². The third kappa shape index (κ3) is 5.27. The van der Waals surface area contributed by atoms with Crippen molar-refractivity contribution in [3.8, 4) is 0 Å². The molecule has 0 spiro atoms. The molecule has 1 heterocycles. The molecule has 3 N–H and O–H groups in total. The number of benzene rings is 1. The number of sulfonamides is 1. The van der Waals surface area contributed by atoms with E-state index in [1.165, 1.54) is 4.31 Å².